The van der Waals surface area contributed by atoms with Crippen LogP contribution in [0.2, 0.25) is 5.22 Å². The molecule has 0 aliphatic heterocycles. The Morgan fingerprint density at radius 3 is 2.69 bits per heavy atom. The topological polar surface area (TPSA) is 87.6 Å². The number of hydrogen-bond donors (Lipinski definition) is 1. The van der Waals surface area contributed by atoms with Crippen molar-refractivity contribution in [1.82, 2.24) is 4.98 Å². The van der Waals surface area contributed by atoms with Gasteiger partial charge in [0.15, 0.2) is 5.22 Å². The number of furan rings is 1. The molecule has 0 aliphatic carbocycles. The number of aromatic nitrogens is 1. The van der Waals surface area contributed by atoms with E-state index in [0.29, 0.717) is 22.6 Å². The summed E-state index contributed by atoms with van der Waals surface area (Å²) in [5.74, 6) is -0.0349. The quantitative estimate of drug-likeness (QED) is 0.247. The summed E-state index contributed by atoms with van der Waals surface area (Å²) in [7, 11) is 0. The highest BCUT2D eigenvalue weighted by Gasteiger charge is 2.27. The molecule has 1 unspecified atom stereocenters. The minimum atomic E-state index is -1.07. The molecule has 162 valence electrons. The highest BCUT2D eigenvalue weighted by atomic mass is 35.5. The number of thiophene rings is 1. The first-order chi connectivity index (χ1) is 15.6. The number of nitrogen functional groups attached to an aromatic ring is 1. The number of esters is 1. The third-order valence-electron chi connectivity index (χ3n) is 4.53. The molecule has 0 saturated carbocycles. The fourth-order valence-corrected chi connectivity index (χ4v) is 3.88. The molecule has 32 heavy (non-hydrogen) atoms. The van der Waals surface area contributed by atoms with Crippen molar-refractivity contribution < 1.29 is 18.7 Å². The Bertz CT molecular complexity index is 1220. The van der Waals surface area contributed by atoms with Gasteiger partial charge >= 0.3 is 5.97 Å². The van der Waals surface area contributed by atoms with Crippen LogP contribution in [0.3, 0.4) is 0 Å². The number of benzene rings is 1. The second-order valence-electron chi connectivity index (χ2n) is 6.68. The average Bonchev–Trinajstić information content (AvgIpc) is 3.49. The van der Waals surface area contributed by atoms with E-state index in [2.05, 4.69) is 11.6 Å². The summed E-state index contributed by atoms with van der Waals surface area (Å²) in [5, 5.41) is 2.17. The van der Waals surface area contributed by atoms with Crippen LogP contribution >= 0.6 is 22.9 Å². The Hall–Kier alpha value is -3.55. The van der Waals surface area contributed by atoms with Crippen molar-refractivity contribution in [3.05, 3.63) is 89.5 Å². The van der Waals surface area contributed by atoms with Gasteiger partial charge in [0.1, 0.15) is 18.1 Å². The second-order valence-corrected chi connectivity index (χ2v) is 8.00. The monoisotopic (exact) mass is 466 g/mol. The lowest BCUT2D eigenvalue weighted by atomic mass is 10.1. The van der Waals surface area contributed by atoms with E-state index in [-0.39, 0.29) is 23.4 Å². The van der Waals surface area contributed by atoms with Crippen molar-refractivity contribution in [2.45, 2.75) is 6.10 Å². The molecule has 4 aromatic rings. The van der Waals surface area contributed by atoms with Crippen molar-refractivity contribution in [1.29, 1.82) is 0 Å². The van der Waals surface area contributed by atoms with Crippen molar-refractivity contribution in [2.24, 2.45) is 0 Å². The van der Waals surface area contributed by atoms with E-state index in [1.54, 1.807) is 30.3 Å². The number of carbonyl (C=O) groups is 1. The highest BCUT2D eigenvalue weighted by molar-refractivity contribution is 7.13. The van der Waals surface area contributed by atoms with E-state index in [1.165, 1.54) is 17.4 Å². The Morgan fingerprint density at radius 2 is 2.03 bits per heavy atom. The predicted octanol–water partition coefficient (Wildman–Crippen LogP) is 6.16. The highest BCUT2D eigenvalue weighted by Crippen LogP contribution is 2.39. The zero-order valence-electron chi connectivity index (χ0n) is 16.9. The fourth-order valence-electron chi connectivity index (χ4n) is 3.04. The lowest BCUT2D eigenvalue weighted by molar-refractivity contribution is -0.151. The van der Waals surface area contributed by atoms with E-state index in [0.717, 1.165) is 4.88 Å². The summed E-state index contributed by atoms with van der Waals surface area (Å²) >= 11 is 7.49. The number of rotatable bonds is 8. The minimum absolute atomic E-state index is 0.0554. The van der Waals surface area contributed by atoms with Crippen LogP contribution < -0.4 is 10.5 Å². The van der Waals surface area contributed by atoms with Crippen molar-refractivity contribution >= 4 is 34.6 Å². The molecular weight excluding hydrogens is 448 g/mol. The summed E-state index contributed by atoms with van der Waals surface area (Å²) in [6.07, 6.45) is 0.417. The normalized spacial score (nSPS) is 11.7. The van der Waals surface area contributed by atoms with Crippen LogP contribution in [0.5, 0.6) is 5.88 Å². The van der Waals surface area contributed by atoms with Crippen molar-refractivity contribution in [3.8, 4) is 27.8 Å². The van der Waals surface area contributed by atoms with Crippen LogP contribution in [-0.2, 0) is 9.53 Å². The van der Waals surface area contributed by atoms with E-state index in [9.17, 15) is 4.79 Å². The molecule has 1 aromatic carbocycles. The second kappa shape index (κ2) is 9.72. The van der Waals surface area contributed by atoms with Crippen LogP contribution in [-0.4, -0.2) is 17.6 Å². The van der Waals surface area contributed by atoms with Gasteiger partial charge in [-0.2, -0.15) is 0 Å². The van der Waals surface area contributed by atoms with Gasteiger partial charge in [-0.25, -0.2) is 9.78 Å². The Kier molecular flexibility index (Phi) is 6.58. The van der Waals surface area contributed by atoms with Gasteiger partial charge < -0.3 is 19.6 Å². The number of carbonyl (C=O) groups excluding carboxylic acids is 1. The molecule has 1 atom stereocenters. The van der Waals surface area contributed by atoms with Gasteiger partial charge in [-0.1, -0.05) is 49.1 Å². The van der Waals surface area contributed by atoms with Gasteiger partial charge in [-0.15, -0.1) is 11.3 Å². The Morgan fingerprint density at radius 1 is 1.22 bits per heavy atom. The fraction of sp³-hybridized carbons (Fsp3) is 0.0833. The first-order valence-electron chi connectivity index (χ1n) is 9.66. The summed E-state index contributed by atoms with van der Waals surface area (Å²) in [6.45, 7) is 3.64. The number of ether oxygens (including phenoxy) is 2. The van der Waals surface area contributed by atoms with E-state index in [4.69, 9.17) is 31.2 Å². The summed E-state index contributed by atoms with van der Waals surface area (Å²) < 4.78 is 16.9. The summed E-state index contributed by atoms with van der Waals surface area (Å²) in [6, 6.07) is 18.0. The number of nitrogens with two attached hydrogens (primary N) is 1. The van der Waals surface area contributed by atoms with Gasteiger partial charge in [0, 0.05) is 11.1 Å². The number of pyridine rings is 1. The molecule has 0 fully saturated rings. The number of hydrogen-bond acceptors (Lipinski definition) is 7. The van der Waals surface area contributed by atoms with Crippen molar-refractivity contribution in [2.75, 3.05) is 12.3 Å². The van der Waals surface area contributed by atoms with Crippen LogP contribution in [0.4, 0.5) is 5.69 Å². The summed E-state index contributed by atoms with van der Waals surface area (Å²) in [4.78, 5) is 18.3. The number of nitrogens with zero attached hydrogens (tertiary/aromatic N) is 1. The van der Waals surface area contributed by atoms with E-state index in [1.807, 2.05) is 35.7 Å². The summed E-state index contributed by atoms with van der Waals surface area (Å²) in [5.41, 5.74) is 8.41. The van der Waals surface area contributed by atoms with Crippen LogP contribution in [0.15, 0.2) is 83.1 Å². The Balaban J connectivity index is 1.80. The smallest absolute Gasteiger partial charge is 0.352 e. The molecule has 0 amide bonds. The molecule has 0 spiro atoms. The van der Waals surface area contributed by atoms with Gasteiger partial charge in [0.05, 0.1) is 10.6 Å². The zero-order valence-corrected chi connectivity index (χ0v) is 18.4. The van der Waals surface area contributed by atoms with E-state index < -0.39 is 12.1 Å². The van der Waals surface area contributed by atoms with Gasteiger partial charge in [0.25, 0.3) is 0 Å². The van der Waals surface area contributed by atoms with Gasteiger partial charge in [-0.05, 0) is 41.2 Å². The molecular formula is C24H19ClN2O4S. The molecule has 0 aliphatic rings. The maximum Gasteiger partial charge on any atom is 0.352 e. The SMILES string of the molecule is C=CCOC(=O)C(Oc1nc(-c2cccs2)cc(-c2ccc(Cl)o2)c1N)c1ccccc1. The van der Waals surface area contributed by atoms with Crippen molar-refractivity contribution in [3.63, 3.8) is 0 Å². The number of anilines is 1. The van der Waals surface area contributed by atoms with E-state index >= 15 is 0 Å². The largest absolute Gasteiger partial charge is 0.458 e. The third kappa shape index (κ3) is 4.69. The molecule has 3 aromatic heterocycles. The number of halogens is 1. The lowest BCUT2D eigenvalue weighted by Gasteiger charge is -2.20. The molecule has 0 radical (unpaired) electrons. The molecule has 0 bridgehead atoms. The molecule has 3 heterocycles. The average molecular weight is 467 g/mol. The molecule has 4 rings (SSSR count). The maximum atomic E-state index is 12.8. The molecule has 0 saturated heterocycles. The molecule has 6 nitrogen and oxygen atoms in total. The van der Waals surface area contributed by atoms with Gasteiger partial charge in [-0.3, -0.25) is 0 Å². The maximum absolute atomic E-state index is 12.8. The van der Waals surface area contributed by atoms with Crippen LogP contribution in [0.1, 0.15) is 11.7 Å². The first-order valence-corrected chi connectivity index (χ1v) is 10.9. The lowest BCUT2D eigenvalue weighted by Crippen LogP contribution is -2.22. The van der Waals surface area contributed by atoms with Crippen LogP contribution in [0.25, 0.3) is 21.9 Å². The molecule has 8 heteroatoms. The Labute approximate surface area is 193 Å². The zero-order chi connectivity index (χ0) is 22.5. The van der Waals surface area contributed by atoms with Gasteiger partial charge in [0.2, 0.25) is 12.0 Å². The minimum Gasteiger partial charge on any atom is -0.458 e. The van der Waals surface area contributed by atoms with Crippen LogP contribution in [0, 0.1) is 0 Å². The molecule has 2 N–H and O–H groups in total. The third-order valence-corrected chi connectivity index (χ3v) is 5.62. The predicted molar refractivity (Wildman–Crippen MR) is 126 cm³/mol. The first kappa shape index (κ1) is 21.7. The standard InChI is InChI=1S/C24H19ClN2O4S/c1-2-12-29-24(28)22(15-7-4-3-5-8-15)31-23-21(26)16(18-10-11-20(25)30-18)14-17(27-23)19-9-6-13-32-19/h2-11,13-14,22H,1,12,26H2.